The molecular weight excluding hydrogens is 514 g/mol. The van der Waals surface area contributed by atoms with Crippen LogP contribution in [0.5, 0.6) is 0 Å². The van der Waals surface area contributed by atoms with E-state index in [-0.39, 0.29) is 34.7 Å². The third kappa shape index (κ3) is 4.40. The monoisotopic (exact) mass is 545 g/mol. The van der Waals surface area contributed by atoms with Gasteiger partial charge in [-0.3, -0.25) is 4.98 Å². The summed E-state index contributed by atoms with van der Waals surface area (Å²) in [6, 6.07) is 13.8. The summed E-state index contributed by atoms with van der Waals surface area (Å²) in [4.78, 5) is 24.2. The van der Waals surface area contributed by atoms with Gasteiger partial charge >= 0.3 is 6.03 Å². The highest BCUT2D eigenvalue weighted by molar-refractivity contribution is 7.91. The number of aromatic nitrogens is 4. The number of carbonyl (C=O) groups is 1. The lowest BCUT2D eigenvalue weighted by molar-refractivity contribution is 0.137. The molecule has 4 aromatic rings. The molecule has 2 aliphatic heterocycles. The van der Waals surface area contributed by atoms with Crippen molar-refractivity contribution in [1.82, 2.24) is 29.8 Å². The van der Waals surface area contributed by atoms with E-state index in [0.29, 0.717) is 30.7 Å². The van der Waals surface area contributed by atoms with Crippen molar-refractivity contribution >= 4 is 27.3 Å². The number of carbonyl (C=O) groups excluding carboxylic acids is 1. The van der Waals surface area contributed by atoms with E-state index >= 15 is 0 Å². The standard InChI is InChI=1S/C28H31N7O3S/c1-3-30-28(36)34-20-10-11-21(34)14-19(13-20)24-25(39(2,37)38)26(29)35-27(33-24)22(16-32-35)18-9-12-23(31-15-18)17-7-5-4-6-8-17/h4-9,12,15-16,19-21H,3,10-11,13-14,29H2,1-2H3,(H,30,36). The molecule has 39 heavy (non-hydrogen) atoms. The maximum atomic E-state index is 13.0. The molecule has 3 aromatic heterocycles. The van der Waals surface area contributed by atoms with Crippen LogP contribution in [0.3, 0.4) is 0 Å². The number of nitrogen functional groups attached to an aromatic ring is 1. The molecule has 0 spiro atoms. The van der Waals surface area contributed by atoms with Crippen molar-refractivity contribution in [3.63, 3.8) is 0 Å². The van der Waals surface area contributed by atoms with Gasteiger partial charge in [-0.25, -0.2) is 18.2 Å². The molecule has 0 aliphatic carbocycles. The van der Waals surface area contributed by atoms with E-state index in [1.54, 1.807) is 12.4 Å². The minimum absolute atomic E-state index is 0.0260. The number of hydrogen-bond acceptors (Lipinski definition) is 7. The fourth-order valence-electron chi connectivity index (χ4n) is 6.19. The lowest BCUT2D eigenvalue weighted by Gasteiger charge is -2.39. The number of nitrogens with zero attached hydrogens (tertiary/aromatic N) is 5. The van der Waals surface area contributed by atoms with E-state index < -0.39 is 9.84 Å². The van der Waals surface area contributed by atoms with Crippen LogP contribution in [0.15, 0.2) is 59.8 Å². The average Bonchev–Trinajstić information content (AvgIpc) is 3.47. The van der Waals surface area contributed by atoms with Crippen molar-refractivity contribution in [2.45, 2.75) is 55.5 Å². The van der Waals surface area contributed by atoms with Gasteiger partial charge in [0.05, 0.1) is 17.6 Å². The molecule has 2 fully saturated rings. The molecule has 2 aliphatic rings. The summed E-state index contributed by atoms with van der Waals surface area (Å²) >= 11 is 0. The summed E-state index contributed by atoms with van der Waals surface area (Å²) in [7, 11) is -3.70. The van der Waals surface area contributed by atoms with Gasteiger partial charge in [-0.05, 0) is 38.7 Å². The SMILES string of the molecule is CCNC(=O)N1C2CCC1CC(c1nc3c(-c4ccc(-c5ccccc5)nc4)cnn3c(N)c1S(C)(=O)=O)C2. The molecule has 202 valence electrons. The fourth-order valence-corrected chi connectivity index (χ4v) is 7.24. The molecule has 2 amide bonds. The number of urea groups is 1. The highest BCUT2D eigenvalue weighted by Crippen LogP contribution is 2.45. The van der Waals surface area contributed by atoms with Crippen molar-refractivity contribution in [2.75, 3.05) is 18.5 Å². The Balaban J connectivity index is 1.42. The van der Waals surface area contributed by atoms with E-state index in [2.05, 4.69) is 15.4 Å². The molecule has 10 nitrogen and oxygen atoms in total. The van der Waals surface area contributed by atoms with Crippen LogP contribution in [0, 0.1) is 0 Å². The zero-order valence-corrected chi connectivity index (χ0v) is 22.7. The van der Waals surface area contributed by atoms with E-state index in [4.69, 9.17) is 10.7 Å². The number of sulfone groups is 1. The molecule has 2 atom stereocenters. The van der Waals surface area contributed by atoms with Crippen LogP contribution in [0.4, 0.5) is 10.6 Å². The van der Waals surface area contributed by atoms with Gasteiger partial charge in [-0.1, -0.05) is 36.4 Å². The van der Waals surface area contributed by atoms with Crippen LogP contribution >= 0.6 is 0 Å². The Hall–Kier alpha value is -3.99. The third-order valence-corrected chi connectivity index (χ3v) is 9.02. The number of nitrogens with two attached hydrogens (primary N) is 1. The number of piperidine rings is 1. The highest BCUT2D eigenvalue weighted by Gasteiger charge is 2.45. The smallest absolute Gasteiger partial charge is 0.317 e. The van der Waals surface area contributed by atoms with E-state index in [1.807, 2.05) is 54.3 Å². The lowest BCUT2D eigenvalue weighted by atomic mass is 9.88. The fraction of sp³-hybridized carbons (Fsp3) is 0.357. The van der Waals surface area contributed by atoms with Crippen LogP contribution < -0.4 is 11.1 Å². The molecule has 11 heteroatoms. The van der Waals surface area contributed by atoms with Crippen LogP contribution in [0.25, 0.3) is 28.0 Å². The van der Waals surface area contributed by atoms with Gasteiger partial charge in [0.2, 0.25) is 0 Å². The van der Waals surface area contributed by atoms with Gasteiger partial charge in [-0.2, -0.15) is 9.61 Å². The summed E-state index contributed by atoms with van der Waals surface area (Å²) in [6.07, 6.45) is 7.63. The maximum Gasteiger partial charge on any atom is 0.317 e. The Bertz CT molecular complexity index is 1640. The first-order valence-electron chi connectivity index (χ1n) is 13.2. The molecule has 3 N–H and O–H groups in total. The van der Waals surface area contributed by atoms with Crippen LogP contribution in [0.1, 0.15) is 44.2 Å². The molecule has 2 bridgehead atoms. The highest BCUT2D eigenvalue weighted by atomic mass is 32.2. The quantitative estimate of drug-likeness (QED) is 0.388. The Morgan fingerprint density at radius 1 is 1.05 bits per heavy atom. The van der Waals surface area contributed by atoms with Gasteiger partial charge in [0.15, 0.2) is 15.5 Å². The lowest BCUT2D eigenvalue weighted by Crippen LogP contribution is -2.50. The minimum Gasteiger partial charge on any atom is -0.382 e. The second-order valence-electron chi connectivity index (χ2n) is 10.4. The minimum atomic E-state index is -3.70. The van der Waals surface area contributed by atoms with Crippen molar-refractivity contribution < 1.29 is 13.2 Å². The van der Waals surface area contributed by atoms with Crippen molar-refractivity contribution in [2.24, 2.45) is 0 Å². The number of nitrogens with one attached hydrogen (secondary N) is 1. The number of benzene rings is 1. The summed E-state index contributed by atoms with van der Waals surface area (Å²) in [5.41, 5.74) is 10.8. The summed E-state index contributed by atoms with van der Waals surface area (Å²) in [5, 5.41) is 7.32. The first-order valence-corrected chi connectivity index (χ1v) is 15.1. The van der Waals surface area contributed by atoms with Gasteiger partial charge in [0.25, 0.3) is 0 Å². The largest absolute Gasteiger partial charge is 0.382 e. The van der Waals surface area contributed by atoms with Crippen LogP contribution in [-0.2, 0) is 9.84 Å². The Morgan fingerprint density at radius 2 is 1.77 bits per heavy atom. The predicted molar refractivity (Wildman–Crippen MR) is 149 cm³/mol. The van der Waals surface area contributed by atoms with Crippen molar-refractivity contribution in [3.05, 3.63) is 60.6 Å². The molecule has 1 aromatic carbocycles. The topological polar surface area (TPSA) is 136 Å². The van der Waals surface area contributed by atoms with Crippen LogP contribution in [-0.4, -0.2) is 63.8 Å². The molecule has 5 heterocycles. The van der Waals surface area contributed by atoms with Crippen molar-refractivity contribution in [1.29, 1.82) is 0 Å². The zero-order valence-electron chi connectivity index (χ0n) is 21.9. The molecule has 2 saturated heterocycles. The number of amides is 2. The number of fused-ring (bicyclic) bond motifs is 3. The predicted octanol–water partition coefficient (Wildman–Crippen LogP) is 3.88. The summed E-state index contributed by atoms with van der Waals surface area (Å²) in [5.74, 6) is -0.0948. The van der Waals surface area contributed by atoms with Gasteiger partial charge in [0, 0.05) is 53.7 Å². The van der Waals surface area contributed by atoms with Gasteiger partial charge in [-0.15, -0.1) is 0 Å². The normalized spacial score (nSPS) is 20.9. The first-order chi connectivity index (χ1) is 18.8. The van der Waals surface area contributed by atoms with E-state index in [0.717, 1.165) is 41.5 Å². The molecule has 0 radical (unpaired) electrons. The number of anilines is 1. The summed E-state index contributed by atoms with van der Waals surface area (Å²) in [6.45, 7) is 2.47. The Labute approximate surface area is 227 Å². The van der Waals surface area contributed by atoms with E-state index in [9.17, 15) is 13.2 Å². The first kappa shape index (κ1) is 25.3. The summed E-state index contributed by atoms with van der Waals surface area (Å²) < 4.78 is 27.4. The van der Waals surface area contributed by atoms with E-state index in [1.165, 1.54) is 4.52 Å². The second kappa shape index (κ2) is 9.64. The Morgan fingerprint density at radius 3 is 2.38 bits per heavy atom. The molecular formula is C28H31N7O3S. The molecule has 6 rings (SSSR count). The zero-order chi connectivity index (χ0) is 27.3. The number of pyridine rings is 1. The third-order valence-electron chi connectivity index (χ3n) is 7.86. The molecule has 0 saturated carbocycles. The van der Waals surface area contributed by atoms with Crippen molar-refractivity contribution in [3.8, 4) is 22.4 Å². The Kier molecular flexibility index (Phi) is 6.25. The maximum absolute atomic E-state index is 13.0. The number of hydrogen-bond donors (Lipinski definition) is 2. The second-order valence-corrected chi connectivity index (χ2v) is 12.3. The van der Waals surface area contributed by atoms with Crippen LogP contribution in [0.2, 0.25) is 0 Å². The van der Waals surface area contributed by atoms with Gasteiger partial charge < -0.3 is 16.0 Å². The van der Waals surface area contributed by atoms with Gasteiger partial charge in [0.1, 0.15) is 10.7 Å². The molecule has 2 unspecified atom stereocenters. The number of rotatable bonds is 5. The average molecular weight is 546 g/mol.